The number of hydrogen-bond acceptors (Lipinski definition) is 5. The normalized spacial score (nSPS) is 16.7. The van der Waals surface area contributed by atoms with Gasteiger partial charge in [-0.25, -0.2) is 0 Å². The Morgan fingerprint density at radius 3 is 2.26 bits per heavy atom. The van der Waals surface area contributed by atoms with Gasteiger partial charge in [-0.15, -0.1) is 0 Å². The minimum absolute atomic E-state index is 0.0666. The van der Waals surface area contributed by atoms with Crippen molar-refractivity contribution in [2.24, 2.45) is 5.73 Å². The predicted molar refractivity (Wildman–Crippen MR) is 100.0 cm³/mol. The average molecular weight is 393 g/mol. The number of rotatable bonds is 5. The topological polar surface area (TPSA) is 127 Å². The third-order valence-corrected chi connectivity index (χ3v) is 5.14. The molecular weight excluding hydrogens is 368 g/mol. The van der Waals surface area contributed by atoms with E-state index in [0.29, 0.717) is 18.5 Å². The van der Waals surface area contributed by atoms with Gasteiger partial charge in [0.05, 0.1) is 16.0 Å². The van der Waals surface area contributed by atoms with Gasteiger partial charge in [0.15, 0.2) is 5.78 Å². The van der Waals surface area contributed by atoms with E-state index in [1.807, 2.05) is 6.92 Å². The molecule has 1 saturated carbocycles. The molecule has 27 heavy (non-hydrogen) atoms. The molecule has 0 atom stereocenters. The zero-order valence-corrected chi connectivity index (χ0v) is 15.5. The minimum atomic E-state index is -4.02. The zero-order valence-electron chi connectivity index (χ0n) is 17.7. The quantitative estimate of drug-likeness (QED) is 0.593. The largest absolute Gasteiger partial charge is 0.369 e. The SMILES string of the molecule is Cc1ccc(S(=O)(=O)O)cc1.[2H]C([2H])([2H])CC(=O)c1ccc(C2(C(N)=O)CC2)nc1. The zero-order chi connectivity index (χ0) is 22.7. The number of nitrogens with two attached hydrogens (primary N) is 1. The molecule has 0 bridgehead atoms. The number of Topliss-reactive ketones (excluding diaryl/α,β-unsaturated/α-hetero) is 1. The number of hydrogen-bond donors (Lipinski definition) is 2. The van der Waals surface area contributed by atoms with E-state index in [-0.39, 0.29) is 10.5 Å². The van der Waals surface area contributed by atoms with Crippen molar-refractivity contribution in [1.29, 1.82) is 0 Å². The van der Waals surface area contributed by atoms with Gasteiger partial charge >= 0.3 is 0 Å². The maximum Gasteiger partial charge on any atom is 0.294 e. The number of benzene rings is 1. The van der Waals surface area contributed by atoms with E-state index >= 15 is 0 Å². The number of pyridine rings is 1. The molecule has 1 fully saturated rings. The predicted octanol–water partition coefficient (Wildman–Crippen LogP) is 2.43. The van der Waals surface area contributed by atoms with Crippen LogP contribution >= 0.6 is 0 Å². The fourth-order valence-electron chi connectivity index (χ4n) is 2.41. The first kappa shape index (κ1) is 16.6. The first-order valence-corrected chi connectivity index (χ1v) is 9.52. The standard InChI is InChI=1S/C12H14N2O2.C7H8O3S/c1-2-9(15)8-3-4-10(14-7-8)12(5-6-12)11(13)16;1-6-2-4-7(5-3-6)11(8,9)10/h3-4,7H,2,5-6H2,1H3,(H2,13,16);2-5H,1H3,(H,8,9,10)/i1D3;. The lowest BCUT2D eigenvalue weighted by Crippen LogP contribution is -2.29. The lowest BCUT2D eigenvalue weighted by Gasteiger charge is -2.10. The molecular formula is C19H22N2O5S. The molecule has 8 heteroatoms. The third-order valence-electron chi connectivity index (χ3n) is 4.28. The molecule has 0 saturated heterocycles. The first-order chi connectivity index (χ1) is 13.7. The highest BCUT2D eigenvalue weighted by molar-refractivity contribution is 7.85. The van der Waals surface area contributed by atoms with Crippen LogP contribution in [0.4, 0.5) is 0 Å². The Kier molecular flexibility index (Phi) is 4.90. The first-order valence-electron chi connectivity index (χ1n) is 9.58. The van der Waals surface area contributed by atoms with E-state index in [2.05, 4.69) is 4.98 Å². The summed E-state index contributed by atoms with van der Waals surface area (Å²) in [6.07, 6.45) is 2.12. The lowest BCUT2D eigenvalue weighted by atomic mass is 10.00. The molecule has 1 aliphatic rings. The van der Waals surface area contributed by atoms with Gasteiger partial charge in [0.1, 0.15) is 0 Å². The Morgan fingerprint density at radius 1 is 1.22 bits per heavy atom. The van der Waals surface area contributed by atoms with Crippen LogP contribution in [0.1, 0.15) is 51.8 Å². The van der Waals surface area contributed by atoms with E-state index in [0.717, 1.165) is 5.56 Å². The second-order valence-electron chi connectivity index (χ2n) is 6.27. The highest BCUT2D eigenvalue weighted by Crippen LogP contribution is 2.46. The fourth-order valence-corrected chi connectivity index (χ4v) is 2.89. The molecule has 1 aliphatic carbocycles. The smallest absolute Gasteiger partial charge is 0.294 e. The van der Waals surface area contributed by atoms with Crippen molar-refractivity contribution in [1.82, 2.24) is 4.98 Å². The van der Waals surface area contributed by atoms with Crippen molar-refractivity contribution in [2.75, 3.05) is 0 Å². The molecule has 1 heterocycles. The number of carbonyl (C=O) groups is 2. The fraction of sp³-hybridized carbons (Fsp3) is 0.316. The number of carbonyl (C=O) groups excluding carboxylic acids is 2. The summed E-state index contributed by atoms with van der Waals surface area (Å²) in [6, 6.07) is 9.06. The molecule has 1 aromatic carbocycles. The summed E-state index contributed by atoms with van der Waals surface area (Å²) in [5.41, 5.74) is 6.38. The molecule has 1 amide bonds. The van der Waals surface area contributed by atoms with E-state index in [1.165, 1.54) is 24.4 Å². The van der Waals surface area contributed by atoms with Gasteiger partial charge in [-0.05, 0) is 44.0 Å². The highest BCUT2D eigenvalue weighted by atomic mass is 32.2. The number of amides is 1. The van der Waals surface area contributed by atoms with Crippen LogP contribution in [-0.4, -0.2) is 29.6 Å². The summed E-state index contributed by atoms with van der Waals surface area (Å²) in [7, 11) is -4.02. The van der Waals surface area contributed by atoms with Gasteiger partial charge in [0.2, 0.25) is 5.91 Å². The van der Waals surface area contributed by atoms with Crippen LogP contribution in [0.15, 0.2) is 47.5 Å². The molecule has 3 rings (SSSR count). The van der Waals surface area contributed by atoms with Crippen LogP contribution in [0.3, 0.4) is 0 Å². The molecule has 0 radical (unpaired) electrons. The Labute approximate surface area is 162 Å². The number of primary amides is 1. The van der Waals surface area contributed by atoms with Gasteiger partial charge in [-0.1, -0.05) is 24.5 Å². The van der Waals surface area contributed by atoms with Crippen molar-refractivity contribution < 1.29 is 26.7 Å². The van der Waals surface area contributed by atoms with Crippen LogP contribution in [0, 0.1) is 6.92 Å². The number of aromatic nitrogens is 1. The summed E-state index contributed by atoms with van der Waals surface area (Å²) in [5, 5.41) is 0. The highest BCUT2D eigenvalue weighted by Gasteiger charge is 2.51. The van der Waals surface area contributed by atoms with E-state index in [9.17, 15) is 18.0 Å². The number of ketones is 1. The van der Waals surface area contributed by atoms with Crippen LogP contribution < -0.4 is 5.73 Å². The Balaban J connectivity index is 0.000000248. The van der Waals surface area contributed by atoms with Crippen LogP contribution in [0.2, 0.25) is 0 Å². The van der Waals surface area contributed by atoms with Crippen LogP contribution in [-0.2, 0) is 20.3 Å². The number of aryl methyl sites for hydroxylation is 1. The molecule has 0 aliphatic heterocycles. The van der Waals surface area contributed by atoms with Gasteiger partial charge in [0.25, 0.3) is 10.1 Å². The van der Waals surface area contributed by atoms with Gasteiger partial charge in [0, 0.05) is 22.3 Å². The summed E-state index contributed by atoms with van der Waals surface area (Å²) in [6.45, 7) is -0.450. The van der Waals surface area contributed by atoms with E-state index in [4.69, 9.17) is 14.4 Å². The van der Waals surface area contributed by atoms with Crippen molar-refractivity contribution in [3.63, 3.8) is 0 Å². The van der Waals surface area contributed by atoms with Gasteiger partial charge in [-0.3, -0.25) is 19.1 Å². The van der Waals surface area contributed by atoms with Crippen molar-refractivity contribution in [3.05, 3.63) is 59.4 Å². The third kappa shape index (κ3) is 4.99. The minimum Gasteiger partial charge on any atom is -0.369 e. The van der Waals surface area contributed by atoms with Crippen molar-refractivity contribution >= 4 is 21.8 Å². The molecule has 1 aromatic heterocycles. The summed E-state index contributed by atoms with van der Waals surface area (Å²) in [4.78, 5) is 27.0. The van der Waals surface area contributed by atoms with Crippen LogP contribution in [0.5, 0.6) is 0 Å². The van der Waals surface area contributed by atoms with Gasteiger partial charge < -0.3 is 5.73 Å². The van der Waals surface area contributed by atoms with E-state index < -0.39 is 40.5 Å². The molecule has 0 unspecified atom stereocenters. The average Bonchev–Trinajstić information content (AvgIpc) is 3.43. The molecule has 144 valence electrons. The second-order valence-corrected chi connectivity index (χ2v) is 7.69. The summed E-state index contributed by atoms with van der Waals surface area (Å²) < 4.78 is 50.7. The Hall–Kier alpha value is -2.58. The van der Waals surface area contributed by atoms with Gasteiger partial charge in [-0.2, -0.15) is 8.42 Å². The Morgan fingerprint density at radius 2 is 1.85 bits per heavy atom. The monoisotopic (exact) mass is 393 g/mol. The Bertz CT molecular complexity index is 1030. The van der Waals surface area contributed by atoms with Crippen molar-refractivity contribution in [2.45, 2.75) is 43.3 Å². The summed E-state index contributed by atoms with van der Waals surface area (Å²) >= 11 is 0. The van der Waals surface area contributed by atoms with Crippen LogP contribution in [0.25, 0.3) is 0 Å². The van der Waals surface area contributed by atoms with Crippen molar-refractivity contribution in [3.8, 4) is 0 Å². The molecule has 0 spiro atoms. The molecule has 2 aromatic rings. The maximum atomic E-state index is 11.7. The second kappa shape index (κ2) is 7.98. The maximum absolute atomic E-state index is 11.7. The lowest BCUT2D eigenvalue weighted by molar-refractivity contribution is -0.120. The molecule has 3 N–H and O–H groups in total. The number of nitrogens with zero attached hydrogens (tertiary/aromatic N) is 1. The van der Waals surface area contributed by atoms with E-state index in [1.54, 1.807) is 18.2 Å². The summed E-state index contributed by atoms with van der Waals surface area (Å²) in [5.74, 6) is -0.899. The molecule has 7 nitrogen and oxygen atoms in total.